The lowest BCUT2D eigenvalue weighted by atomic mass is 9.94. The molecular weight excluding hydrogens is 166 g/mol. The molecule has 3 heteroatoms. The van der Waals surface area contributed by atoms with E-state index in [1.54, 1.807) is 0 Å². The molecule has 1 amide bonds. The summed E-state index contributed by atoms with van der Waals surface area (Å²) in [4.78, 5) is 11.3. The average molecular weight is 177 g/mol. The van der Waals surface area contributed by atoms with Gasteiger partial charge in [0.25, 0.3) is 0 Å². The third-order valence-corrected chi connectivity index (χ3v) is 2.33. The van der Waals surface area contributed by atoms with E-state index in [4.69, 9.17) is 5.11 Å². The second-order valence-electron chi connectivity index (χ2n) is 3.23. The minimum atomic E-state index is -0.283. The van der Waals surface area contributed by atoms with Crippen LogP contribution in [-0.4, -0.2) is 17.6 Å². The summed E-state index contributed by atoms with van der Waals surface area (Å²) < 4.78 is 0. The molecule has 1 aromatic rings. The molecule has 2 rings (SSSR count). The standard InChI is InChI=1S/C10H11NO2/c12-6-8-5-7-3-1-2-4-9(7)11-10(8)13/h1-4,8,12H,5-6H2,(H,11,13). The summed E-state index contributed by atoms with van der Waals surface area (Å²) in [6, 6.07) is 7.67. The zero-order valence-corrected chi connectivity index (χ0v) is 7.16. The first-order valence-electron chi connectivity index (χ1n) is 4.31. The number of carbonyl (C=O) groups excluding carboxylic acids is 1. The van der Waals surface area contributed by atoms with E-state index in [0.29, 0.717) is 6.42 Å². The van der Waals surface area contributed by atoms with Crippen LogP contribution in [0.1, 0.15) is 5.56 Å². The summed E-state index contributed by atoms with van der Waals surface area (Å²) in [5, 5.41) is 11.7. The number of amides is 1. The third kappa shape index (κ3) is 1.42. The van der Waals surface area contributed by atoms with Gasteiger partial charge in [-0.2, -0.15) is 0 Å². The fraction of sp³-hybridized carbons (Fsp3) is 0.300. The molecule has 1 aromatic carbocycles. The Kier molecular flexibility index (Phi) is 2.02. The quantitative estimate of drug-likeness (QED) is 0.666. The van der Waals surface area contributed by atoms with Crippen LogP contribution >= 0.6 is 0 Å². The van der Waals surface area contributed by atoms with Crippen molar-refractivity contribution in [2.45, 2.75) is 6.42 Å². The van der Waals surface area contributed by atoms with E-state index in [1.165, 1.54) is 0 Å². The van der Waals surface area contributed by atoms with Crippen molar-refractivity contribution in [1.82, 2.24) is 0 Å². The van der Waals surface area contributed by atoms with Crippen LogP contribution in [0.3, 0.4) is 0 Å². The number of fused-ring (bicyclic) bond motifs is 1. The summed E-state index contributed by atoms with van der Waals surface area (Å²) in [5.74, 6) is -0.365. The Morgan fingerprint density at radius 2 is 2.23 bits per heavy atom. The first-order chi connectivity index (χ1) is 6.31. The summed E-state index contributed by atoms with van der Waals surface area (Å²) in [6.07, 6.45) is 0.637. The molecule has 68 valence electrons. The maximum atomic E-state index is 11.3. The summed E-state index contributed by atoms with van der Waals surface area (Å²) in [7, 11) is 0. The van der Waals surface area contributed by atoms with Gasteiger partial charge in [0.15, 0.2) is 0 Å². The molecule has 13 heavy (non-hydrogen) atoms. The molecule has 0 aromatic heterocycles. The monoisotopic (exact) mass is 177 g/mol. The largest absolute Gasteiger partial charge is 0.396 e. The summed E-state index contributed by atoms with van der Waals surface area (Å²) in [6.45, 7) is -0.0832. The van der Waals surface area contributed by atoms with E-state index in [0.717, 1.165) is 11.3 Å². The average Bonchev–Trinajstić information content (AvgIpc) is 2.17. The van der Waals surface area contributed by atoms with Gasteiger partial charge >= 0.3 is 0 Å². The molecule has 2 N–H and O–H groups in total. The SMILES string of the molecule is O=C1Nc2ccccc2CC1CO. The number of para-hydroxylation sites is 1. The second-order valence-corrected chi connectivity index (χ2v) is 3.23. The van der Waals surface area contributed by atoms with Crippen LogP contribution in [0.2, 0.25) is 0 Å². The number of carbonyl (C=O) groups is 1. The minimum absolute atomic E-state index is 0.0822. The number of nitrogens with one attached hydrogen (secondary N) is 1. The van der Waals surface area contributed by atoms with E-state index < -0.39 is 0 Å². The van der Waals surface area contributed by atoms with Gasteiger partial charge in [-0.1, -0.05) is 18.2 Å². The van der Waals surface area contributed by atoms with Gasteiger partial charge in [0, 0.05) is 5.69 Å². The van der Waals surface area contributed by atoms with Gasteiger partial charge in [0.1, 0.15) is 0 Å². The van der Waals surface area contributed by atoms with Gasteiger partial charge in [0.05, 0.1) is 12.5 Å². The zero-order chi connectivity index (χ0) is 9.26. The van der Waals surface area contributed by atoms with Crippen molar-refractivity contribution < 1.29 is 9.90 Å². The highest BCUT2D eigenvalue weighted by molar-refractivity contribution is 5.95. The zero-order valence-electron chi connectivity index (χ0n) is 7.16. The number of aliphatic hydroxyl groups is 1. The Bertz CT molecular complexity index is 335. The van der Waals surface area contributed by atoms with Gasteiger partial charge < -0.3 is 10.4 Å². The maximum absolute atomic E-state index is 11.3. The summed E-state index contributed by atoms with van der Waals surface area (Å²) >= 11 is 0. The number of benzene rings is 1. The lowest BCUT2D eigenvalue weighted by Crippen LogP contribution is -2.32. The Labute approximate surface area is 76.4 Å². The van der Waals surface area contributed by atoms with Crippen molar-refractivity contribution in [3.63, 3.8) is 0 Å². The molecule has 0 spiro atoms. The van der Waals surface area contributed by atoms with Gasteiger partial charge in [-0.05, 0) is 18.1 Å². The first-order valence-corrected chi connectivity index (χ1v) is 4.31. The number of rotatable bonds is 1. The van der Waals surface area contributed by atoms with Crippen LogP contribution in [0, 0.1) is 5.92 Å². The normalized spacial score (nSPS) is 20.7. The van der Waals surface area contributed by atoms with Crippen LogP contribution in [0.5, 0.6) is 0 Å². The van der Waals surface area contributed by atoms with E-state index in [1.807, 2.05) is 24.3 Å². The second kappa shape index (κ2) is 3.18. The van der Waals surface area contributed by atoms with Crippen molar-refractivity contribution in [2.24, 2.45) is 5.92 Å². The van der Waals surface area contributed by atoms with E-state index in [9.17, 15) is 4.79 Å². The van der Waals surface area contributed by atoms with Crippen molar-refractivity contribution >= 4 is 11.6 Å². The van der Waals surface area contributed by atoms with Crippen LogP contribution in [0.25, 0.3) is 0 Å². The highest BCUT2D eigenvalue weighted by atomic mass is 16.3. The number of hydrogen-bond donors (Lipinski definition) is 2. The molecule has 0 saturated heterocycles. The van der Waals surface area contributed by atoms with Crippen molar-refractivity contribution in [1.29, 1.82) is 0 Å². The molecule has 0 saturated carbocycles. The van der Waals surface area contributed by atoms with Crippen molar-refractivity contribution in [2.75, 3.05) is 11.9 Å². The summed E-state index contributed by atoms with van der Waals surface area (Å²) in [5.41, 5.74) is 1.97. The number of hydrogen-bond acceptors (Lipinski definition) is 2. The van der Waals surface area contributed by atoms with Gasteiger partial charge in [-0.25, -0.2) is 0 Å². The van der Waals surface area contributed by atoms with Crippen molar-refractivity contribution in [3.05, 3.63) is 29.8 Å². The molecule has 0 bridgehead atoms. The molecule has 1 aliphatic rings. The van der Waals surface area contributed by atoms with Gasteiger partial charge in [-0.15, -0.1) is 0 Å². The predicted molar refractivity (Wildman–Crippen MR) is 49.4 cm³/mol. The predicted octanol–water partition coefficient (Wildman–Crippen LogP) is 0.790. The Hall–Kier alpha value is -1.35. The molecule has 1 unspecified atom stereocenters. The lowest BCUT2D eigenvalue weighted by Gasteiger charge is -2.22. The maximum Gasteiger partial charge on any atom is 0.230 e. The Balaban J connectivity index is 2.33. The molecule has 0 fully saturated rings. The minimum Gasteiger partial charge on any atom is -0.396 e. The molecule has 0 aliphatic carbocycles. The highest BCUT2D eigenvalue weighted by Gasteiger charge is 2.24. The van der Waals surface area contributed by atoms with E-state index in [2.05, 4.69) is 5.32 Å². The van der Waals surface area contributed by atoms with Crippen LogP contribution < -0.4 is 5.32 Å². The van der Waals surface area contributed by atoms with E-state index >= 15 is 0 Å². The Morgan fingerprint density at radius 1 is 1.46 bits per heavy atom. The number of aliphatic hydroxyl groups excluding tert-OH is 1. The Morgan fingerprint density at radius 3 is 3.00 bits per heavy atom. The topological polar surface area (TPSA) is 49.3 Å². The fourth-order valence-electron chi connectivity index (χ4n) is 1.56. The molecular formula is C10H11NO2. The third-order valence-electron chi connectivity index (χ3n) is 2.33. The van der Waals surface area contributed by atoms with Gasteiger partial charge in [-0.3, -0.25) is 4.79 Å². The highest BCUT2D eigenvalue weighted by Crippen LogP contribution is 2.24. The lowest BCUT2D eigenvalue weighted by molar-refractivity contribution is -0.121. The van der Waals surface area contributed by atoms with Crippen LogP contribution in [-0.2, 0) is 11.2 Å². The first kappa shape index (κ1) is 8.26. The smallest absolute Gasteiger partial charge is 0.230 e. The molecule has 1 aliphatic heterocycles. The van der Waals surface area contributed by atoms with E-state index in [-0.39, 0.29) is 18.4 Å². The van der Waals surface area contributed by atoms with Gasteiger partial charge in [0.2, 0.25) is 5.91 Å². The molecule has 1 atom stereocenters. The van der Waals surface area contributed by atoms with Crippen molar-refractivity contribution in [3.8, 4) is 0 Å². The molecule has 3 nitrogen and oxygen atoms in total. The van der Waals surface area contributed by atoms with Crippen LogP contribution in [0.4, 0.5) is 5.69 Å². The number of anilines is 1. The fourth-order valence-corrected chi connectivity index (χ4v) is 1.56. The van der Waals surface area contributed by atoms with Crippen LogP contribution in [0.15, 0.2) is 24.3 Å². The molecule has 0 radical (unpaired) electrons. The molecule has 1 heterocycles.